The SMILES string of the molecule is Cc1ccc(Br)nc1NC(=O)[C@@H]1C[C@H](C)[C@H](C)N1C(=O)OC(C)(C)C. The van der Waals surface area contributed by atoms with E-state index in [2.05, 4.69) is 26.2 Å². The summed E-state index contributed by atoms with van der Waals surface area (Å²) in [6, 6.07) is 3.05. The van der Waals surface area contributed by atoms with Crippen LogP contribution in [-0.2, 0) is 9.53 Å². The molecule has 1 aliphatic rings. The molecular weight excluding hydrogens is 386 g/mol. The molecule has 7 heteroatoms. The van der Waals surface area contributed by atoms with Gasteiger partial charge < -0.3 is 10.1 Å². The predicted molar refractivity (Wildman–Crippen MR) is 100 cm³/mol. The monoisotopic (exact) mass is 411 g/mol. The maximum atomic E-state index is 12.8. The summed E-state index contributed by atoms with van der Waals surface area (Å²) in [5.74, 6) is 0.464. The Morgan fingerprint density at radius 2 is 1.96 bits per heavy atom. The highest BCUT2D eigenvalue weighted by atomic mass is 79.9. The van der Waals surface area contributed by atoms with E-state index in [-0.39, 0.29) is 17.9 Å². The first kappa shape index (κ1) is 19.7. The normalized spacial score (nSPS) is 23.5. The smallest absolute Gasteiger partial charge is 0.411 e. The molecule has 1 saturated heterocycles. The first-order valence-electron chi connectivity index (χ1n) is 8.45. The van der Waals surface area contributed by atoms with Crippen molar-refractivity contribution < 1.29 is 14.3 Å². The third kappa shape index (κ3) is 4.71. The molecule has 1 aromatic rings. The van der Waals surface area contributed by atoms with Crippen molar-refractivity contribution in [2.24, 2.45) is 5.92 Å². The molecule has 2 amide bonds. The van der Waals surface area contributed by atoms with E-state index < -0.39 is 17.7 Å². The number of likely N-dealkylation sites (tertiary alicyclic amines) is 1. The number of halogens is 1. The molecule has 0 aromatic carbocycles. The van der Waals surface area contributed by atoms with Crippen molar-refractivity contribution in [3.05, 3.63) is 22.3 Å². The van der Waals surface area contributed by atoms with Gasteiger partial charge in [0.05, 0.1) is 0 Å². The van der Waals surface area contributed by atoms with Crippen LogP contribution < -0.4 is 5.32 Å². The molecule has 0 saturated carbocycles. The summed E-state index contributed by atoms with van der Waals surface area (Å²) in [5, 5.41) is 2.85. The standard InChI is InChI=1S/C18H26BrN3O3/c1-10-7-8-14(19)20-15(10)21-16(23)13-9-11(2)12(3)22(13)17(24)25-18(4,5)6/h7-8,11-13H,9H2,1-6H3,(H,20,21,23)/t11-,12-,13-/m0/s1. The summed E-state index contributed by atoms with van der Waals surface area (Å²) in [5.41, 5.74) is 0.256. The van der Waals surface area contributed by atoms with Gasteiger partial charge in [0.15, 0.2) is 0 Å². The third-order valence-electron chi connectivity index (χ3n) is 4.40. The lowest BCUT2D eigenvalue weighted by Crippen LogP contribution is -2.48. The van der Waals surface area contributed by atoms with Crippen LogP contribution in [0.1, 0.15) is 46.6 Å². The Hall–Kier alpha value is -1.63. The van der Waals surface area contributed by atoms with Crippen LogP contribution in [0.4, 0.5) is 10.6 Å². The lowest BCUT2D eigenvalue weighted by Gasteiger charge is -2.31. The van der Waals surface area contributed by atoms with Gasteiger partial charge in [-0.05, 0) is 74.5 Å². The van der Waals surface area contributed by atoms with Gasteiger partial charge in [-0.15, -0.1) is 0 Å². The Kier molecular flexibility index (Phi) is 5.76. The number of aromatic nitrogens is 1. The number of pyridine rings is 1. The van der Waals surface area contributed by atoms with E-state index in [1.165, 1.54) is 0 Å². The molecule has 2 heterocycles. The van der Waals surface area contributed by atoms with E-state index in [1.807, 2.05) is 53.7 Å². The summed E-state index contributed by atoms with van der Waals surface area (Å²) in [6.07, 6.45) is 0.141. The minimum absolute atomic E-state index is 0.0674. The first-order valence-corrected chi connectivity index (χ1v) is 9.24. The van der Waals surface area contributed by atoms with Crippen LogP contribution >= 0.6 is 15.9 Å². The summed E-state index contributed by atoms with van der Waals surface area (Å²) in [4.78, 5) is 31.3. The van der Waals surface area contributed by atoms with E-state index in [9.17, 15) is 9.59 Å². The molecule has 1 aliphatic heterocycles. The number of carbonyl (C=O) groups excluding carboxylic acids is 2. The van der Waals surface area contributed by atoms with Crippen molar-refractivity contribution >= 4 is 33.7 Å². The quantitative estimate of drug-likeness (QED) is 0.742. The summed E-state index contributed by atoms with van der Waals surface area (Å²) in [6.45, 7) is 11.3. The van der Waals surface area contributed by atoms with Crippen molar-refractivity contribution in [3.63, 3.8) is 0 Å². The van der Waals surface area contributed by atoms with Crippen LogP contribution in [-0.4, -0.2) is 39.6 Å². The molecule has 0 radical (unpaired) electrons. The molecule has 1 aromatic heterocycles. The van der Waals surface area contributed by atoms with Gasteiger partial charge in [0.2, 0.25) is 5.91 Å². The number of nitrogens with one attached hydrogen (secondary N) is 1. The number of anilines is 1. The number of hydrogen-bond acceptors (Lipinski definition) is 4. The van der Waals surface area contributed by atoms with E-state index in [4.69, 9.17) is 4.74 Å². The van der Waals surface area contributed by atoms with Crippen LogP contribution in [0.2, 0.25) is 0 Å². The molecule has 138 valence electrons. The Labute approximate surface area is 157 Å². The molecule has 1 N–H and O–H groups in total. The van der Waals surface area contributed by atoms with Gasteiger partial charge in [-0.3, -0.25) is 9.69 Å². The van der Waals surface area contributed by atoms with E-state index in [0.717, 1.165) is 5.56 Å². The number of amides is 2. The Bertz CT molecular complexity index is 672. The van der Waals surface area contributed by atoms with Crippen molar-refractivity contribution in [1.29, 1.82) is 0 Å². The van der Waals surface area contributed by atoms with E-state index >= 15 is 0 Å². The van der Waals surface area contributed by atoms with Gasteiger partial charge in [0.1, 0.15) is 22.1 Å². The van der Waals surface area contributed by atoms with Crippen LogP contribution in [0.5, 0.6) is 0 Å². The number of hydrogen-bond donors (Lipinski definition) is 1. The van der Waals surface area contributed by atoms with Crippen molar-refractivity contribution in [2.45, 2.75) is 65.6 Å². The Balaban J connectivity index is 2.21. The Morgan fingerprint density at radius 1 is 1.32 bits per heavy atom. The Morgan fingerprint density at radius 3 is 2.56 bits per heavy atom. The van der Waals surface area contributed by atoms with Gasteiger partial charge in [0.25, 0.3) is 0 Å². The molecule has 0 bridgehead atoms. The highest BCUT2D eigenvalue weighted by Gasteiger charge is 2.44. The average molecular weight is 412 g/mol. The molecule has 6 nitrogen and oxygen atoms in total. The van der Waals surface area contributed by atoms with Gasteiger partial charge in [-0.2, -0.15) is 0 Å². The minimum atomic E-state index is -0.605. The topological polar surface area (TPSA) is 71.5 Å². The first-order chi connectivity index (χ1) is 11.5. The molecule has 0 unspecified atom stereocenters. The fourth-order valence-corrected chi connectivity index (χ4v) is 3.20. The number of nitrogens with zero attached hydrogens (tertiary/aromatic N) is 2. The lowest BCUT2D eigenvalue weighted by atomic mass is 10.0. The zero-order chi connectivity index (χ0) is 18.9. The third-order valence-corrected chi connectivity index (χ3v) is 4.85. The fraction of sp³-hybridized carbons (Fsp3) is 0.611. The van der Waals surface area contributed by atoms with E-state index in [1.54, 1.807) is 4.90 Å². The van der Waals surface area contributed by atoms with Crippen molar-refractivity contribution in [1.82, 2.24) is 9.88 Å². The zero-order valence-electron chi connectivity index (χ0n) is 15.6. The number of rotatable bonds is 2. The van der Waals surface area contributed by atoms with Crippen molar-refractivity contribution in [3.8, 4) is 0 Å². The molecule has 0 spiro atoms. The largest absolute Gasteiger partial charge is 0.444 e. The maximum absolute atomic E-state index is 12.8. The summed E-state index contributed by atoms with van der Waals surface area (Å²) < 4.78 is 6.14. The molecule has 2 rings (SSSR count). The van der Waals surface area contributed by atoms with Crippen LogP contribution in [0, 0.1) is 12.8 Å². The maximum Gasteiger partial charge on any atom is 0.411 e. The van der Waals surface area contributed by atoms with Gasteiger partial charge in [-0.1, -0.05) is 13.0 Å². The second-order valence-corrected chi connectivity index (χ2v) is 8.46. The summed E-state index contributed by atoms with van der Waals surface area (Å²) in [7, 11) is 0. The van der Waals surface area contributed by atoms with Gasteiger partial charge >= 0.3 is 6.09 Å². The van der Waals surface area contributed by atoms with Crippen LogP contribution in [0.15, 0.2) is 16.7 Å². The van der Waals surface area contributed by atoms with Crippen LogP contribution in [0.3, 0.4) is 0 Å². The minimum Gasteiger partial charge on any atom is -0.444 e. The molecule has 0 aliphatic carbocycles. The summed E-state index contributed by atoms with van der Waals surface area (Å²) >= 11 is 3.31. The van der Waals surface area contributed by atoms with E-state index in [0.29, 0.717) is 16.8 Å². The molecule has 1 fully saturated rings. The second-order valence-electron chi connectivity index (χ2n) is 7.65. The fourth-order valence-electron chi connectivity index (χ4n) is 2.89. The number of carbonyl (C=O) groups is 2. The lowest BCUT2D eigenvalue weighted by molar-refractivity contribution is -0.120. The molecule has 3 atom stereocenters. The predicted octanol–water partition coefficient (Wildman–Crippen LogP) is 4.13. The highest BCUT2D eigenvalue weighted by molar-refractivity contribution is 9.10. The zero-order valence-corrected chi connectivity index (χ0v) is 17.2. The molecule has 25 heavy (non-hydrogen) atoms. The molecular formula is C18H26BrN3O3. The number of aryl methyl sites for hydroxylation is 1. The van der Waals surface area contributed by atoms with Crippen molar-refractivity contribution in [2.75, 3.05) is 5.32 Å². The highest BCUT2D eigenvalue weighted by Crippen LogP contribution is 2.32. The second kappa shape index (κ2) is 7.32. The van der Waals surface area contributed by atoms with Gasteiger partial charge in [-0.25, -0.2) is 9.78 Å². The number of ether oxygens (including phenoxy) is 1. The van der Waals surface area contributed by atoms with Gasteiger partial charge in [0, 0.05) is 6.04 Å². The van der Waals surface area contributed by atoms with Crippen LogP contribution in [0.25, 0.3) is 0 Å². The average Bonchev–Trinajstić information content (AvgIpc) is 2.77.